The van der Waals surface area contributed by atoms with Gasteiger partial charge in [0, 0.05) is 22.1 Å². The number of rotatable bonds is 3. The summed E-state index contributed by atoms with van der Waals surface area (Å²) in [4.78, 5) is 16.5. The third-order valence-corrected chi connectivity index (χ3v) is 3.26. The molecule has 2 aromatic rings. The summed E-state index contributed by atoms with van der Waals surface area (Å²) in [5, 5.41) is 2.81. The van der Waals surface area contributed by atoms with Gasteiger partial charge in [-0.1, -0.05) is 28.1 Å². The first kappa shape index (κ1) is 13.1. The van der Waals surface area contributed by atoms with Gasteiger partial charge in [-0.3, -0.25) is 4.79 Å². The molecule has 0 aliphatic rings. The summed E-state index contributed by atoms with van der Waals surface area (Å²) in [6.45, 7) is 0.468. The number of carbonyl (C=O) groups excluding carboxylic acids is 1. The zero-order valence-corrected chi connectivity index (χ0v) is 11.9. The maximum atomic E-state index is 11.9. The summed E-state index contributed by atoms with van der Waals surface area (Å²) in [6.07, 6.45) is 1.58. The van der Waals surface area contributed by atoms with E-state index in [1.54, 1.807) is 18.3 Å². The van der Waals surface area contributed by atoms with E-state index in [0.29, 0.717) is 17.1 Å². The molecule has 1 heterocycles. The van der Waals surface area contributed by atoms with Crippen LogP contribution in [0.25, 0.3) is 0 Å². The van der Waals surface area contributed by atoms with E-state index in [-0.39, 0.29) is 5.91 Å². The molecule has 0 radical (unpaired) electrons. The minimum absolute atomic E-state index is 0.219. The summed E-state index contributed by atoms with van der Waals surface area (Å²) in [5.41, 5.74) is 1.38. The van der Waals surface area contributed by atoms with E-state index in [4.69, 9.17) is 0 Å². The van der Waals surface area contributed by atoms with Crippen molar-refractivity contribution in [3.8, 4) is 0 Å². The standard InChI is InChI=1S/C13H11BrN2OS/c14-10-5-3-9(4-6-10)8-16-13(17)12-11(18)2-1-7-15-12/h1-7,18H,8H2,(H,16,17). The molecule has 5 heteroatoms. The van der Waals surface area contributed by atoms with Crippen molar-refractivity contribution >= 4 is 34.5 Å². The van der Waals surface area contributed by atoms with Crippen LogP contribution in [0.1, 0.15) is 16.1 Å². The van der Waals surface area contributed by atoms with Crippen LogP contribution in [-0.4, -0.2) is 10.9 Å². The second-order valence-electron chi connectivity index (χ2n) is 3.68. The molecule has 18 heavy (non-hydrogen) atoms. The second-order valence-corrected chi connectivity index (χ2v) is 5.08. The van der Waals surface area contributed by atoms with Crippen LogP contribution in [-0.2, 0) is 6.54 Å². The van der Waals surface area contributed by atoms with Gasteiger partial charge in [0.05, 0.1) is 0 Å². The van der Waals surface area contributed by atoms with E-state index in [1.807, 2.05) is 24.3 Å². The smallest absolute Gasteiger partial charge is 0.271 e. The topological polar surface area (TPSA) is 42.0 Å². The van der Waals surface area contributed by atoms with Gasteiger partial charge in [0.1, 0.15) is 5.69 Å². The highest BCUT2D eigenvalue weighted by molar-refractivity contribution is 9.10. The van der Waals surface area contributed by atoms with Crippen LogP contribution in [0, 0.1) is 0 Å². The fourth-order valence-electron chi connectivity index (χ4n) is 1.44. The van der Waals surface area contributed by atoms with Crippen molar-refractivity contribution in [1.82, 2.24) is 10.3 Å². The Kier molecular flexibility index (Phi) is 4.38. The van der Waals surface area contributed by atoms with Gasteiger partial charge in [-0.2, -0.15) is 0 Å². The van der Waals surface area contributed by atoms with E-state index in [0.717, 1.165) is 10.0 Å². The van der Waals surface area contributed by atoms with Gasteiger partial charge in [0.25, 0.3) is 5.91 Å². The molecule has 1 amide bonds. The molecule has 0 unspecified atom stereocenters. The number of nitrogens with one attached hydrogen (secondary N) is 1. The molecule has 0 aliphatic heterocycles. The summed E-state index contributed by atoms with van der Waals surface area (Å²) >= 11 is 7.57. The monoisotopic (exact) mass is 322 g/mol. The van der Waals surface area contributed by atoms with Crippen LogP contribution < -0.4 is 5.32 Å². The number of aromatic nitrogens is 1. The zero-order chi connectivity index (χ0) is 13.0. The number of amides is 1. The lowest BCUT2D eigenvalue weighted by Gasteiger charge is -2.06. The Bertz CT molecular complexity index is 557. The molecule has 0 atom stereocenters. The molecule has 0 saturated heterocycles. The zero-order valence-electron chi connectivity index (χ0n) is 9.43. The molecular weight excluding hydrogens is 312 g/mol. The molecular formula is C13H11BrN2OS. The van der Waals surface area contributed by atoms with Gasteiger partial charge < -0.3 is 5.32 Å². The number of nitrogens with zero attached hydrogens (tertiary/aromatic N) is 1. The van der Waals surface area contributed by atoms with Gasteiger partial charge in [-0.15, -0.1) is 12.6 Å². The van der Waals surface area contributed by atoms with Gasteiger partial charge in [0.15, 0.2) is 0 Å². The summed E-state index contributed by atoms with van der Waals surface area (Å²) in [7, 11) is 0. The van der Waals surface area contributed by atoms with Gasteiger partial charge in [0.2, 0.25) is 0 Å². The van der Waals surface area contributed by atoms with Crippen LogP contribution >= 0.6 is 28.6 Å². The molecule has 1 N–H and O–H groups in total. The highest BCUT2D eigenvalue weighted by Gasteiger charge is 2.09. The third kappa shape index (κ3) is 3.34. The first-order valence-electron chi connectivity index (χ1n) is 5.33. The SMILES string of the molecule is O=C(NCc1ccc(Br)cc1)c1ncccc1S. The highest BCUT2D eigenvalue weighted by Crippen LogP contribution is 2.12. The lowest BCUT2D eigenvalue weighted by molar-refractivity contribution is 0.0943. The van der Waals surface area contributed by atoms with E-state index in [1.165, 1.54) is 0 Å². The maximum Gasteiger partial charge on any atom is 0.271 e. The molecule has 1 aromatic heterocycles. The Morgan fingerprint density at radius 1 is 1.28 bits per heavy atom. The molecule has 1 aromatic carbocycles. The quantitative estimate of drug-likeness (QED) is 0.853. The predicted molar refractivity (Wildman–Crippen MR) is 76.8 cm³/mol. The van der Waals surface area contributed by atoms with Gasteiger partial charge >= 0.3 is 0 Å². The maximum absolute atomic E-state index is 11.9. The van der Waals surface area contributed by atoms with Crippen molar-refractivity contribution in [3.05, 3.63) is 58.3 Å². The van der Waals surface area contributed by atoms with Crippen LogP contribution in [0.3, 0.4) is 0 Å². The van der Waals surface area contributed by atoms with E-state index in [2.05, 4.69) is 38.9 Å². The van der Waals surface area contributed by atoms with Crippen molar-refractivity contribution in [2.24, 2.45) is 0 Å². The van der Waals surface area contributed by atoms with E-state index < -0.39 is 0 Å². The van der Waals surface area contributed by atoms with Crippen molar-refractivity contribution in [2.45, 2.75) is 11.4 Å². The lowest BCUT2D eigenvalue weighted by Crippen LogP contribution is -2.24. The van der Waals surface area contributed by atoms with Crippen molar-refractivity contribution in [2.75, 3.05) is 0 Å². The number of halogens is 1. The normalized spacial score (nSPS) is 10.1. The Hall–Kier alpha value is -1.33. The summed E-state index contributed by atoms with van der Waals surface area (Å²) in [6, 6.07) is 11.3. The first-order chi connectivity index (χ1) is 8.66. The molecule has 2 rings (SSSR count). The minimum atomic E-state index is -0.219. The summed E-state index contributed by atoms with van der Waals surface area (Å²) in [5.74, 6) is -0.219. The lowest BCUT2D eigenvalue weighted by atomic mass is 10.2. The highest BCUT2D eigenvalue weighted by atomic mass is 79.9. The van der Waals surface area contributed by atoms with Crippen LogP contribution in [0.2, 0.25) is 0 Å². The average Bonchev–Trinajstić information content (AvgIpc) is 2.38. The molecule has 3 nitrogen and oxygen atoms in total. The first-order valence-corrected chi connectivity index (χ1v) is 6.57. The minimum Gasteiger partial charge on any atom is -0.347 e. The largest absolute Gasteiger partial charge is 0.347 e. The molecule has 92 valence electrons. The second kappa shape index (κ2) is 6.02. The van der Waals surface area contributed by atoms with Crippen molar-refractivity contribution in [3.63, 3.8) is 0 Å². The number of thiol groups is 1. The fourth-order valence-corrected chi connectivity index (χ4v) is 1.95. The van der Waals surface area contributed by atoms with Crippen LogP contribution in [0.5, 0.6) is 0 Å². The number of benzene rings is 1. The molecule has 0 spiro atoms. The van der Waals surface area contributed by atoms with E-state index in [9.17, 15) is 4.79 Å². The molecule has 0 aliphatic carbocycles. The molecule has 0 fully saturated rings. The van der Waals surface area contributed by atoms with Gasteiger partial charge in [-0.25, -0.2) is 4.98 Å². The van der Waals surface area contributed by atoms with Crippen LogP contribution in [0.4, 0.5) is 0 Å². The Balaban J connectivity index is 2.01. The average molecular weight is 323 g/mol. The molecule has 0 saturated carbocycles. The number of hydrogen-bond acceptors (Lipinski definition) is 3. The van der Waals surface area contributed by atoms with Crippen molar-refractivity contribution in [1.29, 1.82) is 0 Å². The Morgan fingerprint density at radius 3 is 2.67 bits per heavy atom. The fraction of sp³-hybridized carbons (Fsp3) is 0.0769. The van der Waals surface area contributed by atoms with Crippen molar-refractivity contribution < 1.29 is 4.79 Å². The van der Waals surface area contributed by atoms with Crippen LogP contribution in [0.15, 0.2) is 52.0 Å². The third-order valence-electron chi connectivity index (χ3n) is 2.37. The predicted octanol–water partition coefficient (Wildman–Crippen LogP) is 3.06. The molecule has 0 bridgehead atoms. The number of hydrogen-bond donors (Lipinski definition) is 2. The van der Waals surface area contributed by atoms with Gasteiger partial charge in [-0.05, 0) is 29.8 Å². The Morgan fingerprint density at radius 2 is 2.00 bits per heavy atom. The Labute approximate surface area is 119 Å². The summed E-state index contributed by atoms with van der Waals surface area (Å²) < 4.78 is 1.01. The number of carbonyl (C=O) groups is 1. The number of pyridine rings is 1. The van der Waals surface area contributed by atoms with E-state index >= 15 is 0 Å².